The summed E-state index contributed by atoms with van der Waals surface area (Å²) in [5, 5.41) is 18.0. The molecule has 0 aliphatic rings. The molecule has 27 heavy (non-hydrogen) atoms. The van der Waals surface area contributed by atoms with Crippen molar-refractivity contribution in [2.45, 2.75) is 13.5 Å². The molecule has 0 saturated heterocycles. The number of aromatic nitrogens is 3. The van der Waals surface area contributed by atoms with Gasteiger partial charge in [0, 0.05) is 12.6 Å². The molecular formula is C17H17FN4O5. The summed E-state index contributed by atoms with van der Waals surface area (Å²) >= 11 is 0. The number of hydrogen-bond donors (Lipinski definition) is 3. The second-order valence-corrected chi connectivity index (χ2v) is 5.38. The van der Waals surface area contributed by atoms with E-state index >= 15 is 0 Å². The molecule has 0 saturated carbocycles. The van der Waals surface area contributed by atoms with E-state index in [2.05, 4.69) is 14.7 Å². The molecule has 0 atom stereocenters. The van der Waals surface area contributed by atoms with Gasteiger partial charge in [0.1, 0.15) is 11.5 Å². The van der Waals surface area contributed by atoms with E-state index in [1.165, 1.54) is 6.07 Å². The highest BCUT2D eigenvalue weighted by atomic mass is 19.1. The van der Waals surface area contributed by atoms with Crippen molar-refractivity contribution < 1.29 is 28.9 Å². The molecule has 1 aromatic carbocycles. The van der Waals surface area contributed by atoms with Gasteiger partial charge in [0.15, 0.2) is 5.69 Å². The van der Waals surface area contributed by atoms with Gasteiger partial charge in [-0.15, -0.1) is 0 Å². The number of carboxylic acids is 1. The van der Waals surface area contributed by atoms with Gasteiger partial charge in [-0.05, 0) is 24.1 Å². The van der Waals surface area contributed by atoms with Crippen molar-refractivity contribution in [2.24, 2.45) is 5.73 Å². The minimum Gasteiger partial charge on any atom is -0.492 e. The van der Waals surface area contributed by atoms with E-state index in [4.69, 9.17) is 10.8 Å². The fraction of sp³-hybridized carbons (Fsp3) is 0.176. The van der Waals surface area contributed by atoms with Crippen LogP contribution in [0.3, 0.4) is 0 Å². The summed E-state index contributed by atoms with van der Waals surface area (Å²) in [5.74, 6) is -2.69. The van der Waals surface area contributed by atoms with Gasteiger partial charge in [-0.3, -0.25) is 4.40 Å². The molecule has 0 bridgehead atoms. The van der Waals surface area contributed by atoms with Crippen LogP contribution in [0.5, 0.6) is 5.88 Å². The monoisotopic (exact) mass is 376 g/mol. The van der Waals surface area contributed by atoms with E-state index in [-0.39, 0.29) is 28.9 Å². The first-order valence-electron chi connectivity index (χ1n) is 7.62. The van der Waals surface area contributed by atoms with Gasteiger partial charge in [0.25, 0.3) is 0 Å². The van der Waals surface area contributed by atoms with Gasteiger partial charge in [0.2, 0.25) is 11.7 Å². The minimum atomic E-state index is -1.31. The maximum absolute atomic E-state index is 12.6. The molecule has 3 rings (SSSR count). The number of esters is 1. The van der Waals surface area contributed by atoms with E-state index in [1.807, 2.05) is 0 Å². The van der Waals surface area contributed by atoms with E-state index < -0.39 is 11.9 Å². The fourth-order valence-corrected chi connectivity index (χ4v) is 2.16. The third kappa shape index (κ3) is 4.55. The summed E-state index contributed by atoms with van der Waals surface area (Å²) in [7, 11) is 1.16. The highest BCUT2D eigenvalue weighted by molar-refractivity contribution is 5.92. The quantitative estimate of drug-likeness (QED) is 0.584. The smallest absolute Gasteiger partial charge is 0.355 e. The zero-order valence-electron chi connectivity index (χ0n) is 14.5. The Morgan fingerprint density at radius 3 is 2.56 bits per heavy atom. The van der Waals surface area contributed by atoms with Crippen LogP contribution in [0.15, 0.2) is 30.5 Å². The summed E-state index contributed by atoms with van der Waals surface area (Å²) in [5.41, 5.74) is 6.53. The molecule has 2 heterocycles. The fourth-order valence-electron chi connectivity index (χ4n) is 2.16. The molecule has 4 N–H and O–H groups in total. The number of halogens is 1. The first kappa shape index (κ1) is 19.8. The SMILES string of the molecule is COC(=O)c1cc(C(=O)O)nc2nc(O)cn12.Cc1cc(CN)ccc1F. The molecule has 0 unspecified atom stereocenters. The van der Waals surface area contributed by atoms with Crippen LogP contribution in [0.2, 0.25) is 0 Å². The number of imidazole rings is 1. The molecule has 0 aliphatic carbocycles. The van der Waals surface area contributed by atoms with Crippen molar-refractivity contribution in [3.05, 3.63) is 58.8 Å². The van der Waals surface area contributed by atoms with Crippen LogP contribution in [0.25, 0.3) is 5.78 Å². The Kier molecular flexibility index (Phi) is 6.03. The van der Waals surface area contributed by atoms with Crippen LogP contribution < -0.4 is 5.73 Å². The number of nitrogens with two attached hydrogens (primary N) is 1. The predicted octanol–water partition coefficient (Wildman–Crippen LogP) is 1.51. The minimum absolute atomic E-state index is 0.0808. The first-order valence-corrected chi connectivity index (χ1v) is 7.62. The van der Waals surface area contributed by atoms with Crippen LogP contribution in [-0.2, 0) is 11.3 Å². The average molecular weight is 376 g/mol. The normalized spacial score (nSPS) is 10.2. The van der Waals surface area contributed by atoms with E-state index in [0.29, 0.717) is 12.1 Å². The lowest BCUT2D eigenvalue weighted by Crippen LogP contribution is -2.12. The van der Waals surface area contributed by atoms with Crippen LogP contribution in [0, 0.1) is 12.7 Å². The standard InChI is InChI=1S/C9H7N3O5.C8H10FN/c1-17-8(16)5-2-4(7(14)15)10-9-11-6(13)3-12(5)9;1-6-4-7(5-10)2-3-8(6)9/h2-3,13H,1H3,(H,14,15);2-4H,5,10H2,1H3. The largest absolute Gasteiger partial charge is 0.492 e. The topological polar surface area (TPSA) is 140 Å². The van der Waals surface area contributed by atoms with Crippen molar-refractivity contribution in [1.82, 2.24) is 14.4 Å². The maximum atomic E-state index is 12.6. The molecular weight excluding hydrogens is 359 g/mol. The number of fused-ring (bicyclic) bond motifs is 1. The number of carbonyl (C=O) groups excluding carboxylic acids is 1. The van der Waals surface area contributed by atoms with Crippen LogP contribution in [0.1, 0.15) is 32.1 Å². The number of nitrogens with zero attached hydrogens (tertiary/aromatic N) is 3. The summed E-state index contributed by atoms with van der Waals surface area (Å²) in [4.78, 5) is 29.5. The molecule has 2 aromatic heterocycles. The number of carbonyl (C=O) groups is 2. The Morgan fingerprint density at radius 1 is 1.30 bits per heavy atom. The van der Waals surface area contributed by atoms with E-state index in [9.17, 15) is 19.1 Å². The number of aromatic hydroxyl groups is 1. The lowest BCUT2D eigenvalue weighted by molar-refractivity contribution is 0.0592. The van der Waals surface area contributed by atoms with Crippen molar-refractivity contribution >= 4 is 17.7 Å². The van der Waals surface area contributed by atoms with Crippen molar-refractivity contribution in [3.8, 4) is 5.88 Å². The second kappa shape index (κ2) is 8.23. The number of hydrogen-bond acceptors (Lipinski definition) is 7. The second-order valence-electron chi connectivity index (χ2n) is 5.38. The number of carboxylic acid groups (broad SMARTS) is 1. The van der Waals surface area contributed by atoms with Crippen molar-refractivity contribution in [1.29, 1.82) is 0 Å². The molecule has 9 nitrogen and oxygen atoms in total. The molecule has 0 fully saturated rings. The van der Waals surface area contributed by atoms with Gasteiger partial charge in [-0.2, -0.15) is 4.98 Å². The Hall–Kier alpha value is -3.53. The van der Waals surface area contributed by atoms with Gasteiger partial charge < -0.3 is 20.7 Å². The Morgan fingerprint density at radius 2 is 2.00 bits per heavy atom. The van der Waals surface area contributed by atoms with Crippen LogP contribution >= 0.6 is 0 Å². The summed E-state index contributed by atoms with van der Waals surface area (Å²) in [6, 6.07) is 5.94. The molecule has 3 aromatic rings. The molecule has 0 spiro atoms. The molecule has 0 aliphatic heterocycles. The Balaban J connectivity index is 0.000000223. The van der Waals surface area contributed by atoms with Crippen LogP contribution in [0.4, 0.5) is 4.39 Å². The zero-order valence-corrected chi connectivity index (χ0v) is 14.5. The number of aromatic carboxylic acids is 1. The number of benzene rings is 1. The lowest BCUT2D eigenvalue weighted by Gasteiger charge is -2.03. The van der Waals surface area contributed by atoms with E-state index in [1.54, 1.807) is 19.1 Å². The average Bonchev–Trinajstić information content (AvgIpc) is 3.03. The Bertz CT molecular complexity index is 1000. The third-order valence-electron chi connectivity index (χ3n) is 3.50. The maximum Gasteiger partial charge on any atom is 0.355 e. The molecule has 0 amide bonds. The van der Waals surface area contributed by atoms with Crippen LogP contribution in [-0.4, -0.2) is 43.6 Å². The van der Waals surface area contributed by atoms with Gasteiger partial charge in [-0.25, -0.2) is 19.0 Å². The van der Waals surface area contributed by atoms with E-state index in [0.717, 1.165) is 29.3 Å². The highest BCUT2D eigenvalue weighted by Crippen LogP contribution is 2.14. The molecule has 142 valence electrons. The van der Waals surface area contributed by atoms with Gasteiger partial charge in [-0.1, -0.05) is 12.1 Å². The number of rotatable bonds is 3. The molecule has 10 heteroatoms. The summed E-state index contributed by atoms with van der Waals surface area (Å²) in [6.45, 7) is 2.20. The van der Waals surface area contributed by atoms with Crippen molar-refractivity contribution in [2.75, 3.05) is 7.11 Å². The predicted molar refractivity (Wildman–Crippen MR) is 92.0 cm³/mol. The first-order chi connectivity index (χ1) is 12.8. The number of methoxy groups -OCH3 is 1. The zero-order chi connectivity index (χ0) is 20.1. The van der Waals surface area contributed by atoms with Gasteiger partial charge >= 0.3 is 11.9 Å². The number of ether oxygens (including phenoxy) is 1. The number of aryl methyl sites for hydroxylation is 1. The highest BCUT2D eigenvalue weighted by Gasteiger charge is 2.18. The van der Waals surface area contributed by atoms with Crippen molar-refractivity contribution in [3.63, 3.8) is 0 Å². The Labute approximate surface area is 152 Å². The van der Waals surface area contributed by atoms with Gasteiger partial charge in [0.05, 0.1) is 13.3 Å². The summed E-state index contributed by atoms with van der Waals surface area (Å²) in [6.07, 6.45) is 1.14. The molecule has 0 radical (unpaired) electrons. The lowest BCUT2D eigenvalue weighted by atomic mass is 10.1. The third-order valence-corrected chi connectivity index (χ3v) is 3.50. The summed E-state index contributed by atoms with van der Waals surface area (Å²) < 4.78 is 18.2.